The lowest BCUT2D eigenvalue weighted by molar-refractivity contribution is -0.141. The van der Waals surface area contributed by atoms with Crippen LogP contribution in [-0.4, -0.2) is 53.0 Å². The molecule has 1 spiro atoms. The van der Waals surface area contributed by atoms with Gasteiger partial charge in [0, 0.05) is 18.3 Å². The first-order valence-corrected chi connectivity index (χ1v) is 14.9. The highest BCUT2D eigenvalue weighted by atomic mass is 16.5. The number of rotatable bonds is 8. The zero-order valence-electron chi connectivity index (χ0n) is 24.3. The van der Waals surface area contributed by atoms with Gasteiger partial charge in [-0.15, -0.1) is 0 Å². The van der Waals surface area contributed by atoms with Crippen LogP contribution in [0, 0.1) is 29.6 Å². The van der Waals surface area contributed by atoms with E-state index in [-0.39, 0.29) is 23.8 Å². The van der Waals surface area contributed by atoms with Crippen molar-refractivity contribution < 1.29 is 19.1 Å². The number of fused-ring (bicyclic) bond motifs is 1. The fraction of sp³-hybridized carbons (Fsp3) is 0.656. The summed E-state index contributed by atoms with van der Waals surface area (Å²) in [6.07, 6.45) is 7.24. The minimum absolute atomic E-state index is 0.0780. The number of nitrogens with zero attached hydrogens (tertiary/aromatic N) is 1. The summed E-state index contributed by atoms with van der Waals surface area (Å²) in [5, 5.41) is 6.35. The molecule has 0 radical (unpaired) electrons. The average molecular weight is 536 g/mol. The van der Waals surface area contributed by atoms with Crippen molar-refractivity contribution in [2.75, 3.05) is 11.9 Å². The number of likely N-dealkylation sites (tertiary alicyclic amines) is 1. The van der Waals surface area contributed by atoms with Crippen LogP contribution in [0.4, 0.5) is 5.69 Å². The summed E-state index contributed by atoms with van der Waals surface area (Å²) in [6.45, 7) is 13.4. The van der Waals surface area contributed by atoms with Gasteiger partial charge in [0.15, 0.2) is 0 Å². The summed E-state index contributed by atoms with van der Waals surface area (Å²) in [6, 6.07) is 7.14. The molecule has 2 saturated heterocycles. The monoisotopic (exact) mass is 535 g/mol. The molecule has 1 aromatic rings. The topological polar surface area (TPSA) is 87.7 Å². The number of benzene rings is 1. The van der Waals surface area contributed by atoms with Crippen molar-refractivity contribution in [3.63, 3.8) is 0 Å². The van der Waals surface area contributed by atoms with E-state index in [0.29, 0.717) is 35.9 Å². The summed E-state index contributed by atoms with van der Waals surface area (Å²) in [4.78, 5) is 43.4. The normalized spacial score (nSPS) is 35.1. The maximum atomic E-state index is 14.0. The molecular formula is C32H45N3O4. The van der Waals surface area contributed by atoms with Gasteiger partial charge >= 0.3 is 0 Å². The second kappa shape index (κ2) is 10.7. The molecule has 8 atom stereocenters. The summed E-state index contributed by atoms with van der Waals surface area (Å²) in [5.74, 6) is -0.254. The lowest BCUT2D eigenvalue weighted by Crippen LogP contribution is -2.58. The molecular weight excluding hydrogens is 490 g/mol. The lowest BCUT2D eigenvalue weighted by Gasteiger charge is -2.38. The summed E-state index contributed by atoms with van der Waals surface area (Å²) in [7, 11) is 0. The van der Waals surface area contributed by atoms with Gasteiger partial charge in [-0.1, -0.05) is 78.7 Å². The molecule has 3 aliphatic heterocycles. The molecule has 7 heteroatoms. The smallest absolute Gasteiger partial charge is 0.246 e. The van der Waals surface area contributed by atoms with E-state index in [4.69, 9.17) is 4.74 Å². The Morgan fingerprint density at radius 2 is 1.79 bits per heavy atom. The first-order chi connectivity index (χ1) is 18.5. The van der Waals surface area contributed by atoms with E-state index in [2.05, 4.69) is 52.2 Å². The van der Waals surface area contributed by atoms with Gasteiger partial charge < -0.3 is 20.3 Å². The van der Waals surface area contributed by atoms with Gasteiger partial charge in [0.05, 0.1) is 17.9 Å². The number of carbonyl (C=O) groups is 3. The van der Waals surface area contributed by atoms with Gasteiger partial charge in [0.25, 0.3) is 0 Å². The van der Waals surface area contributed by atoms with E-state index in [1.54, 1.807) is 4.90 Å². The van der Waals surface area contributed by atoms with Crippen molar-refractivity contribution >= 4 is 23.4 Å². The van der Waals surface area contributed by atoms with Gasteiger partial charge in [-0.3, -0.25) is 14.4 Å². The third-order valence-electron chi connectivity index (χ3n) is 9.75. The molecule has 0 unspecified atom stereocenters. The minimum Gasteiger partial charge on any atom is -0.359 e. The Kier molecular flexibility index (Phi) is 7.66. The third-order valence-corrected chi connectivity index (χ3v) is 9.75. The van der Waals surface area contributed by atoms with Gasteiger partial charge in [0.2, 0.25) is 17.7 Å². The van der Waals surface area contributed by atoms with E-state index in [9.17, 15) is 14.4 Å². The van der Waals surface area contributed by atoms with Crippen LogP contribution in [0.15, 0.2) is 36.4 Å². The van der Waals surface area contributed by atoms with Crippen LogP contribution in [0.3, 0.4) is 0 Å². The predicted octanol–water partition coefficient (Wildman–Crippen LogP) is 4.89. The summed E-state index contributed by atoms with van der Waals surface area (Å²) >= 11 is 0. The fourth-order valence-electron chi connectivity index (χ4n) is 7.13. The molecule has 2 bridgehead atoms. The van der Waals surface area contributed by atoms with Crippen LogP contribution in [-0.2, 0) is 19.1 Å². The van der Waals surface area contributed by atoms with Gasteiger partial charge in [-0.2, -0.15) is 0 Å². The number of ether oxygens (including phenoxy) is 1. The van der Waals surface area contributed by atoms with E-state index in [1.807, 2.05) is 36.4 Å². The second-order valence-electron chi connectivity index (χ2n) is 13.1. The van der Waals surface area contributed by atoms with E-state index < -0.39 is 29.6 Å². The second-order valence-corrected chi connectivity index (χ2v) is 13.1. The van der Waals surface area contributed by atoms with Crippen molar-refractivity contribution in [1.82, 2.24) is 10.2 Å². The Hall–Kier alpha value is -2.67. The highest BCUT2D eigenvalue weighted by molar-refractivity contribution is 6.02. The van der Waals surface area contributed by atoms with E-state index in [0.717, 1.165) is 19.3 Å². The predicted molar refractivity (Wildman–Crippen MR) is 152 cm³/mol. The van der Waals surface area contributed by atoms with Crippen LogP contribution >= 0.6 is 0 Å². The maximum absolute atomic E-state index is 14.0. The first-order valence-electron chi connectivity index (χ1n) is 14.9. The van der Waals surface area contributed by atoms with Crippen LogP contribution in [0.2, 0.25) is 0 Å². The third kappa shape index (κ3) is 4.92. The van der Waals surface area contributed by atoms with Crippen molar-refractivity contribution in [1.29, 1.82) is 0 Å². The first kappa shape index (κ1) is 27.9. The van der Waals surface area contributed by atoms with Crippen molar-refractivity contribution in [3.8, 4) is 0 Å². The van der Waals surface area contributed by atoms with Crippen LogP contribution in [0.1, 0.15) is 78.7 Å². The largest absolute Gasteiger partial charge is 0.359 e. The van der Waals surface area contributed by atoms with Gasteiger partial charge in [0.1, 0.15) is 11.6 Å². The molecule has 3 heterocycles. The maximum Gasteiger partial charge on any atom is 0.246 e. The lowest BCUT2D eigenvalue weighted by atomic mass is 9.73. The van der Waals surface area contributed by atoms with Crippen LogP contribution in [0.25, 0.3) is 0 Å². The zero-order chi connectivity index (χ0) is 28.1. The molecule has 39 heavy (non-hydrogen) atoms. The van der Waals surface area contributed by atoms with Crippen molar-refractivity contribution in [2.45, 2.75) is 96.9 Å². The molecule has 212 valence electrons. The Labute approximate surface area is 233 Å². The van der Waals surface area contributed by atoms with Crippen LogP contribution < -0.4 is 10.6 Å². The number of carbonyl (C=O) groups excluding carboxylic acids is 3. The molecule has 2 N–H and O–H groups in total. The Balaban J connectivity index is 1.41. The SMILES string of the molecule is CC(C)CCN1C(=O)[C@H]2[C@H](C(=O)Nc3ccc(C(C)C)cc3)[C@H]3C=C[C@@]2(O3)[C@@H]1C(=O)N[C@@H]1CCC[C@@H](C)[C@@H]1C. The molecule has 1 aliphatic carbocycles. The van der Waals surface area contributed by atoms with E-state index >= 15 is 0 Å². The molecule has 5 rings (SSSR count). The Morgan fingerprint density at radius 1 is 1.08 bits per heavy atom. The van der Waals surface area contributed by atoms with Gasteiger partial charge in [-0.05, 0) is 54.2 Å². The molecule has 3 amide bonds. The number of anilines is 1. The molecule has 1 saturated carbocycles. The van der Waals surface area contributed by atoms with Crippen LogP contribution in [0.5, 0.6) is 0 Å². The highest BCUT2D eigenvalue weighted by Crippen LogP contribution is 2.55. The Bertz CT molecular complexity index is 1130. The fourth-order valence-corrected chi connectivity index (χ4v) is 7.13. The molecule has 0 aromatic heterocycles. The quantitative estimate of drug-likeness (QED) is 0.464. The van der Waals surface area contributed by atoms with Crippen molar-refractivity contribution in [3.05, 3.63) is 42.0 Å². The number of nitrogens with one attached hydrogen (secondary N) is 2. The highest BCUT2D eigenvalue weighted by Gasteiger charge is 2.72. The standard InChI is InChI=1S/C32H45N3O4/c1-18(2)15-17-35-28(30(37)34-24-9-7-8-20(5)21(24)6)32-16-14-25(39-32)26(27(32)31(35)38)29(36)33-23-12-10-22(11-13-23)19(3)4/h10-14,16,18-21,24-28H,7-9,15,17H2,1-6H3,(H,33,36)(H,34,37)/t20-,21+,24-,25-,26-,27-,28+,32+/m1/s1. The molecule has 4 aliphatic rings. The molecule has 7 nitrogen and oxygen atoms in total. The molecule has 3 fully saturated rings. The zero-order valence-corrected chi connectivity index (χ0v) is 24.3. The number of amides is 3. The van der Waals surface area contributed by atoms with E-state index in [1.165, 1.54) is 12.0 Å². The number of hydrogen-bond donors (Lipinski definition) is 2. The minimum atomic E-state index is -1.12. The average Bonchev–Trinajstić information content (AvgIpc) is 3.53. The Morgan fingerprint density at radius 3 is 2.46 bits per heavy atom. The summed E-state index contributed by atoms with van der Waals surface area (Å²) in [5.41, 5.74) is 0.776. The molecule has 1 aromatic carbocycles. The van der Waals surface area contributed by atoms with Gasteiger partial charge in [-0.25, -0.2) is 0 Å². The number of hydrogen-bond acceptors (Lipinski definition) is 4. The summed E-state index contributed by atoms with van der Waals surface area (Å²) < 4.78 is 6.49. The van der Waals surface area contributed by atoms with Crippen molar-refractivity contribution in [2.24, 2.45) is 29.6 Å².